The van der Waals surface area contributed by atoms with E-state index in [0.29, 0.717) is 23.0 Å². The normalized spacial score (nSPS) is 16.3. The SMILES string of the molecule is COC(=O)C1=C(C)N(C)C(=S)N[C@@H]1c1c(OCc2ccccc2)ccc2ccccc12. The van der Waals surface area contributed by atoms with Crippen LogP contribution in [0.2, 0.25) is 0 Å². The van der Waals surface area contributed by atoms with Gasteiger partial charge in [0.05, 0.1) is 18.7 Å². The maximum Gasteiger partial charge on any atom is 0.337 e. The minimum atomic E-state index is -0.493. The van der Waals surface area contributed by atoms with Crippen LogP contribution in [-0.4, -0.2) is 30.1 Å². The van der Waals surface area contributed by atoms with Crippen molar-refractivity contribution in [2.24, 2.45) is 0 Å². The van der Waals surface area contributed by atoms with Gasteiger partial charge in [-0.2, -0.15) is 0 Å². The zero-order valence-corrected chi connectivity index (χ0v) is 18.5. The number of nitrogens with one attached hydrogen (secondary N) is 1. The molecule has 0 saturated heterocycles. The van der Waals surface area contributed by atoms with Crippen LogP contribution >= 0.6 is 12.2 Å². The highest BCUT2D eigenvalue weighted by molar-refractivity contribution is 7.80. The lowest BCUT2D eigenvalue weighted by atomic mass is 9.90. The fourth-order valence-electron chi connectivity index (χ4n) is 3.86. The number of esters is 1. The van der Waals surface area contributed by atoms with Gasteiger partial charge in [0.15, 0.2) is 5.11 Å². The summed E-state index contributed by atoms with van der Waals surface area (Å²) in [5, 5.41) is 5.91. The quantitative estimate of drug-likeness (QED) is 0.465. The molecule has 1 heterocycles. The highest BCUT2D eigenvalue weighted by Crippen LogP contribution is 2.40. The Hall–Kier alpha value is -3.38. The highest BCUT2D eigenvalue weighted by Gasteiger charge is 2.35. The van der Waals surface area contributed by atoms with Gasteiger partial charge in [0.2, 0.25) is 0 Å². The first kappa shape index (κ1) is 20.9. The van der Waals surface area contributed by atoms with Crippen LogP contribution in [-0.2, 0) is 16.1 Å². The molecule has 5 nitrogen and oxygen atoms in total. The summed E-state index contributed by atoms with van der Waals surface area (Å²) in [6.45, 7) is 2.29. The Labute approximate surface area is 187 Å². The van der Waals surface area contributed by atoms with Crippen LogP contribution in [0.4, 0.5) is 0 Å². The van der Waals surface area contributed by atoms with E-state index in [0.717, 1.165) is 27.6 Å². The number of rotatable bonds is 5. The van der Waals surface area contributed by atoms with Gasteiger partial charge in [-0.25, -0.2) is 4.79 Å². The van der Waals surface area contributed by atoms with Gasteiger partial charge in [0.25, 0.3) is 0 Å². The van der Waals surface area contributed by atoms with Crippen molar-refractivity contribution in [3.63, 3.8) is 0 Å². The lowest BCUT2D eigenvalue weighted by Crippen LogP contribution is -2.46. The van der Waals surface area contributed by atoms with E-state index in [-0.39, 0.29) is 0 Å². The van der Waals surface area contributed by atoms with E-state index in [1.54, 1.807) is 4.90 Å². The third-order valence-electron chi connectivity index (χ3n) is 5.62. The Morgan fingerprint density at radius 1 is 1.06 bits per heavy atom. The van der Waals surface area contributed by atoms with Crippen molar-refractivity contribution in [1.29, 1.82) is 0 Å². The number of carbonyl (C=O) groups is 1. The molecular formula is C25H24N2O3S. The number of thiocarbonyl (C=S) groups is 1. The Morgan fingerprint density at radius 2 is 1.77 bits per heavy atom. The van der Waals surface area contributed by atoms with Crippen molar-refractivity contribution in [1.82, 2.24) is 10.2 Å². The molecule has 1 aliphatic heterocycles. The minimum Gasteiger partial charge on any atom is -0.489 e. The van der Waals surface area contributed by atoms with Crippen LogP contribution in [0.1, 0.15) is 24.1 Å². The summed E-state index contributed by atoms with van der Waals surface area (Å²) in [5.74, 6) is 0.299. The molecule has 0 fully saturated rings. The second kappa shape index (κ2) is 8.78. The van der Waals surface area contributed by atoms with Gasteiger partial charge in [-0.15, -0.1) is 0 Å². The van der Waals surface area contributed by atoms with Crippen LogP contribution in [0.15, 0.2) is 78.0 Å². The number of hydrogen-bond acceptors (Lipinski definition) is 4. The predicted octanol–water partition coefficient (Wildman–Crippen LogP) is 4.73. The molecule has 31 heavy (non-hydrogen) atoms. The summed E-state index contributed by atoms with van der Waals surface area (Å²) in [7, 11) is 3.22. The van der Waals surface area contributed by atoms with Gasteiger partial charge >= 0.3 is 5.97 Å². The monoisotopic (exact) mass is 432 g/mol. The van der Waals surface area contributed by atoms with Crippen molar-refractivity contribution in [3.05, 3.63) is 89.1 Å². The maximum atomic E-state index is 12.8. The number of nitrogens with zero attached hydrogens (tertiary/aromatic N) is 1. The Bertz CT molecular complexity index is 1170. The van der Waals surface area contributed by atoms with Crippen LogP contribution in [0, 0.1) is 0 Å². The van der Waals surface area contributed by atoms with Crippen LogP contribution < -0.4 is 10.1 Å². The average molecular weight is 433 g/mol. The van der Waals surface area contributed by atoms with Gasteiger partial charge < -0.3 is 19.7 Å². The fraction of sp³-hybridized carbons (Fsp3) is 0.200. The van der Waals surface area contributed by atoms with Gasteiger partial charge in [-0.3, -0.25) is 0 Å². The van der Waals surface area contributed by atoms with Gasteiger partial charge in [0, 0.05) is 18.3 Å². The van der Waals surface area contributed by atoms with Crippen molar-refractivity contribution < 1.29 is 14.3 Å². The number of hydrogen-bond donors (Lipinski definition) is 1. The van der Waals surface area contributed by atoms with Gasteiger partial charge in [-0.1, -0.05) is 60.7 Å². The smallest absolute Gasteiger partial charge is 0.337 e. The summed E-state index contributed by atoms with van der Waals surface area (Å²) in [6.07, 6.45) is 0. The number of ether oxygens (including phenoxy) is 2. The van der Waals surface area contributed by atoms with Crippen LogP contribution in [0.5, 0.6) is 5.75 Å². The van der Waals surface area contributed by atoms with E-state index >= 15 is 0 Å². The number of methoxy groups -OCH3 is 1. The van der Waals surface area contributed by atoms with E-state index in [4.69, 9.17) is 21.7 Å². The summed E-state index contributed by atoms with van der Waals surface area (Å²) in [5.41, 5.74) is 3.19. The number of allylic oxidation sites excluding steroid dienone is 1. The second-order valence-electron chi connectivity index (χ2n) is 7.40. The van der Waals surface area contributed by atoms with Gasteiger partial charge in [-0.05, 0) is 41.5 Å². The van der Waals surface area contributed by atoms with E-state index in [2.05, 4.69) is 5.32 Å². The molecular weight excluding hydrogens is 408 g/mol. The summed E-state index contributed by atoms with van der Waals surface area (Å²) in [4.78, 5) is 14.6. The molecule has 0 saturated carbocycles. The molecule has 1 atom stereocenters. The molecule has 4 rings (SSSR count). The molecule has 1 aliphatic rings. The first-order valence-electron chi connectivity index (χ1n) is 10.0. The Kier molecular flexibility index (Phi) is 5.91. The Balaban J connectivity index is 1.87. The molecule has 158 valence electrons. The zero-order valence-electron chi connectivity index (χ0n) is 17.7. The first-order valence-corrected chi connectivity index (χ1v) is 10.4. The molecule has 1 N–H and O–H groups in total. The van der Waals surface area contributed by atoms with Crippen LogP contribution in [0.3, 0.4) is 0 Å². The van der Waals surface area contributed by atoms with E-state index in [1.807, 2.05) is 80.7 Å². The summed E-state index contributed by atoms with van der Waals surface area (Å²) >= 11 is 5.55. The lowest BCUT2D eigenvalue weighted by molar-refractivity contribution is -0.136. The third-order valence-corrected chi connectivity index (χ3v) is 6.01. The lowest BCUT2D eigenvalue weighted by Gasteiger charge is -2.36. The topological polar surface area (TPSA) is 50.8 Å². The fourth-order valence-corrected chi connectivity index (χ4v) is 4.12. The van der Waals surface area contributed by atoms with Crippen molar-refractivity contribution in [2.45, 2.75) is 19.6 Å². The van der Waals surface area contributed by atoms with E-state index < -0.39 is 12.0 Å². The number of carbonyl (C=O) groups excluding carboxylic acids is 1. The largest absolute Gasteiger partial charge is 0.489 e. The molecule has 6 heteroatoms. The standard InChI is InChI=1S/C25H24N2O3S/c1-16-21(24(28)29-3)23(26-25(31)27(16)2)22-19-12-8-7-11-18(19)13-14-20(22)30-15-17-9-5-4-6-10-17/h4-14,23H,15H2,1-3H3,(H,26,31)/t23-/m0/s1. The molecule has 0 radical (unpaired) electrons. The number of fused-ring (bicyclic) bond motifs is 1. The van der Waals surface area contributed by atoms with Gasteiger partial charge in [0.1, 0.15) is 12.4 Å². The zero-order chi connectivity index (χ0) is 22.0. The predicted molar refractivity (Wildman–Crippen MR) is 126 cm³/mol. The average Bonchev–Trinajstić information content (AvgIpc) is 2.80. The van der Waals surface area contributed by atoms with Crippen molar-refractivity contribution in [3.8, 4) is 5.75 Å². The molecule has 0 spiro atoms. The first-order chi connectivity index (χ1) is 15.0. The number of benzene rings is 3. The summed E-state index contributed by atoms with van der Waals surface area (Å²) in [6, 6.07) is 21.5. The molecule has 3 aromatic carbocycles. The highest BCUT2D eigenvalue weighted by atomic mass is 32.1. The second-order valence-corrected chi connectivity index (χ2v) is 7.79. The van der Waals surface area contributed by atoms with E-state index in [9.17, 15) is 4.79 Å². The molecule has 0 aromatic heterocycles. The Morgan fingerprint density at radius 3 is 2.52 bits per heavy atom. The van der Waals surface area contributed by atoms with E-state index in [1.165, 1.54) is 7.11 Å². The molecule has 0 bridgehead atoms. The maximum absolute atomic E-state index is 12.8. The van der Waals surface area contributed by atoms with Crippen molar-refractivity contribution in [2.75, 3.05) is 14.2 Å². The molecule has 3 aromatic rings. The van der Waals surface area contributed by atoms with Crippen molar-refractivity contribution >= 4 is 34.1 Å². The van der Waals surface area contributed by atoms with Crippen LogP contribution in [0.25, 0.3) is 10.8 Å². The third kappa shape index (κ3) is 3.99. The minimum absolute atomic E-state index is 0.397. The molecule has 0 aliphatic carbocycles. The molecule has 0 amide bonds. The summed E-state index contributed by atoms with van der Waals surface area (Å²) < 4.78 is 11.4. The molecule has 0 unspecified atom stereocenters.